The predicted octanol–water partition coefficient (Wildman–Crippen LogP) is 6.41. The summed E-state index contributed by atoms with van der Waals surface area (Å²) in [4.78, 5) is 9.52. The summed E-state index contributed by atoms with van der Waals surface area (Å²) in [5.41, 5.74) is 2.86. The number of hydrogen-bond donors (Lipinski definition) is 0. The second kappa shape index (κ2) is 9.47. The van der Waals surface area contributed by atoms with Crippen LogP contribution in [0, 0.1) is 24.2 Å². The lowest BCUT2D eigenvalue weighted by molar-refractivity contribution is 0.253. The zero-order valence-corrected chi connectivity index (χ0v) is 18.7. The van der Waals surface area contributed by atoms with E-state index in [0.29, 0.717) is 12.6 Å². The normalized spacial score (nSPS) is 17.3. The molecule has 4 nitrogen and oxygen atoms in total. The Morgan fingerprint density at radius 1 is 1.19 bits per heavy atom. The summed E-state index contributed by atoms with van der Waals surface area (Å²) >= 11 is 0. The predicted molar refractivity (Wildman–Crippen MR) is 127 cm³/mol. The smallest absolute Gasteiger partial charge is 0.106 e. The highest BCUT2D eigenvalue weighted by atomic mass is 15.1. The van der Waals surface area contributed by atoms with Crippen LogP contribution < -0.4 is 0 Å². The van der Waals surface area contributed by atoms with Gasteiger partial charge in [-0.1, -0.05) is 61.7 Å². The number of nitrogens with zero attached hydrogens (tertiary/aromatic N) is 4. The summed E-state index contributed by atoms with van der Waals surface area (Å²) in [6.07, 6.45) is 8.96. The van der Waals surface area contributed by atoms with Crippen molar-refractivity contribution in [3.63, 3.8) is 0 Å². The van der Waals surface area contributed by atoms with Gasteiger partial charge in [-0.05, 0) is 50.3 Å². The van der Waals surface area contributed by atoms with Crippen LogP contribution in [0.5, 0.6) is 0 Å². The highest BCUT2D eigenvalue weighted by Gasteiger charge is 2.26. The number of rotatable bonds is 9. The lowest BCUT2D eigenvalue weighted by Gasteiger charge is -2.30. The fourth-order valence-corrected chi connectivity index (χ4v) is 4.69. The van der Waals surface area contributed by atoms with Crippen LogP contribution >= 0.6 is 0 Å². The molecule has 160 valence electrons. The molecule has 1 aliphatic rings. The lowest BCUT2D eigenvalue weighted by Crippen LogP contribution is -2.21. The first-order chi connectivity index (χ1) is 15.1. The molecule has 1 aromatic heterocycles. The van der Waals surface area contributed by atoms with Crippen LogP contribution in [0.15, 0.2) is 59.6 Å². The Morgan fingerprint density at radius 2 is 1.94 bits per heavy atom. The molecule has 4 heteroatoms. The second-order valence-electron chi connectivity index (χ2n) is 9.09. The number of nitriles is 1. The molecule has 0 aliphatic heterocycles. The van der Waals surface area contributed by atoms with E-state index in [1.807, 2.05) is 37.3 Å². The maximum atomic E-state index is 9.76. The quantitative estimate of drug-likeness (QED) is 0.381. The van der Waals surface area contributed by atoms with E-state index in [1.54, 1.807) is 0 Å². The molecule has 31 heavy (non-hydrogen) atoms. The van der Waals surface area contributed by atoms with Crippen LogP contribution in [-0.2, 0) is 5.41 Å². The number of benzene rings is 2. The van der Waals surface area contributed by atoms with Gasteiger partial charge in [-0.25, -0.2) is 4.98 Å². The monoisotopic (exact) mass is 412 g/mol. The number of para-hydroxylation sites is 2. The highest BCUT2D eigenvalue weighted by Crippen LogP contribution is 2.36. The minimum atomic E-state index is -0.499. The van der Waals surface area contributed by atoms with Crippen LogP contribution in [0.25, 0.3) is 11.0 Å². The van der Waals surface area contributed by atoms with Gasteiger partial charge in [0.1, 0.15) is 5.82 Å². The van der Waals surface area contributed by atoms with E-state index < -0.39 is 5.41 Å². The van der Waals surface area contributed by atoms with Gasteiger partial charge in [0.05, 0.1) is 22.5 Å². The van der Waals surface area contributed by atoms with Crippen molar-refractivity contribution in [3.8, 4) is 6.07 Å². The Bertz CT molecular complexity index is 1070. The summed E-state index contributed by atoms with van der Waals surface area (Å²) in [7, 11) is 0. The van der Waals surface area contributed by atoms with Gasteiger partial charge in [0.25, 0.3) is 0 Å². The van der Waals surface area contributed by atoms with Gasteiger partial charge < -0.3 is 4.57 Å². The number of hydrogen-bond acceptors (Lipinski definition) is 3. The van der Waals surface area contributed by atoms with E-state index in [0.717, 1.165) is 35.7 Å². The Labute approximate surface area is 185 Å². The number of aryl methyl sites for hydroxylation is 1. The third-order valence-corrected chi connectivity index (χ3v) is 6.87. The van der Waals surface area contributed by atoms with E-state index in [1.165, 1.54) is 31.2 Å². The maximum Gasteiger partial charge on any atom is 0.106 e. The number of aliphatic imine (C=N–C) groups is 1. The van der Waals surface area contributed by atoms with Gasteiger partial charge >= 0.3 is 0 Å². The number of fused-ring (bicyclic) bond motifs is 1. The summed E-state index contributed by atoms with van der Waals surface area (Å²) in [5, 5.41) is 9.76. The second-order valence-corrected chi connectivity index (χ2v) is 9.09. The molecule has 0 amide bonds. The van der Waals surface area contributed by atoms with Gasteiger partial charge in [-0.2, -0.15) is 5.26 Å². The van der Waals surface area contributed by atoms with Crippen molar-refractivity contribution in [3.05, 3.63) is 66.0 Å². The largest absolute Gasteiger partial charge is 0.325 e. The SMILES string of the molecule is Cc1nc2ccccc2n1C(CC=NCCC(C)(C#N)c1ccccc1)CC1CCC1. The van der Waals surface area contributed by atoms with Crippen LogP contribution in [0.3, 0.4) is 0 Å². The van der Waals surface area contributed by atoms with E-state index in [-0.39, 0.29) is 0 Å². The summed E-state index contributed by atoms with van der Waals surface area (Å²) < 4.78 is 2.42. The Kier molecular flexibility index (Phi) is 6.51. The summed E-state index contributed by atoms with van der Waals surface area (Å²) in [6.45, 7) is 4.79. The first-order valence-electron chi connectivity index (χ1n) is 11.5. The van der Waals surface area contributed by atoms with E-state index in [4.69, 9.17) is 9.98 Å². The van der Waals surface area contributed by atoms with Gasteiger partial charge in [0.15, 0.2) is 0 Å². The summed E-state index contributed by atoms with van der Waals surface area (Å²) in [5.74, 6) is 1.90. The standard InChI is InChI=1S/C27H32N4/c1-21-30-25-13-6-7-14-26(25)31(21)24(19-22-9-8-10-22)15-17-29-18-16-27(2,20-28)23-11-4-3-5-12-23/h3-7,11-14,17,22,24H,8-10,15-16,18-19H2,1-2H3. The average molecular weight is 413 g/mol. The van der Waals surface area contributed by atoms with Crippen molar-refractivity contribution in [2.45, 2.75) is 63.8 Å². The lowest BCUT2D eigenvalue weighted by atomic mass is 9.80. The molecule has 0 saturated heterocycles. The zero-order chi connectivity index (χ0) is 21.7. The molecule has 2 unspecified atom stereocenters. The third-order valence-electron chi connectivity index (χ3n) is 6.87. The van der Waals surface area contributed by atoms with Crippen LogP contribution in [-0.4, -0.2) is 22.3 Å². The van der Waals surface area contributed by atoms with Crippen molar-refractivity contribution in [2.24, 2.45) is 10.9 Å². The number of aromatic nitrogens is 2. The molecule has 0 N–H and O–H groups in total. The van der Waals surface area contributed by atoms with Gasteiger partial charge in [0, 0.05) is 25.2 Å². The van der Waals surface area contributed by atoms with Crippen molar-refractivity contribution in [1.29, 1.82) is 5.26 Å². The van der Waals surface area contributed by atoms with Gasteiger partial charge in [-0.3, -0.25) is 4.99 Å². The molecule has 3 aromatic rings. The van der Waals surface area contributed by atoms with Crippen molar-refractivity contribution < 1.29 is 0 Å². The molecular weight excluding hydrogens is 380 g/mol. The molecule has 2 atom stereocenters. The molecule has 1 saturated carbocycles. The topological polar surface area (TPSA) is 54.0 Å². The Balaban J connectivity index is 1.45. The van der Waals surface area contributed by atoms with Crippen molar-refractivity contribution in [2.75, 3.05) is 6.54 Å². The highest BCUT2D eigenvalue weighted by molar-refractivity contribution is 5.76. The Hall–Kier alpha value is -2.93. The van der Waals surface area contributed by atoms with Crippen LogP contribution in [0.2, 0.25) is 0 Å². The molecule has 0 bridgehead atoms. The van der Waals surface area contributed by atoms with Crippen LogP contribution in [0.4, 0.5) is 0 Å². The first kappa shape index (κ1) is 21.3. The Morgan fingerprint density at radius 3 is 2.65 bits per heavy atom. The van der Waals surface area contributed by atoms with Crippen molar-refractivity contribution >= 4 is 17.2 Å². The zero-order valence-electron chi connectivity index (χ0n) is 18.7. The van der Waals surface area contributed by atoms with E-state index in [9.17, 15) is 5.26 Å². The molecule has 2 aromatic carbocycles. The molecular formula is C27H32N4. The number of imidazole rings is 1. The molecule has 1 heterocycles. The molecule has 1 fully saturated rings. The molecule has 4 rings (SSSR count). The third kappa shape index (κ3) is 4.71. The molecule has 1 aliphatic carbocycles. The minimum absolute atomic E-state index is 0.387. The molecule has 0 spiro atoms. The summed E-state index contributed by atoms with van der Waals surface area (Å²) in [6, 6.07) is 21.4. The van der Waals surface area contributed by atoms with E-state index in [2.05, 4.69) is 48.0 Å². The average Bonchev–Trinajstić information content (AvgIpc) is 3.10. The molecule has 0 radical (unpaired) electrons. The minimum Gasteiger partial charge on any atom is -0.325 e. The first-order valence-corrected chi connectivity index (χ1v) is 11.5. The fourth-order valence-electron chi connectivity index (χ4n) is 4.69. The fraction of sp³-hybridized carbons (Fsp3) is 0.444. The van der Waals surface area contributed by atoms with E-state index >= 15 is 0 Å². The maximum absolute atomic E-state index is 9.76. The van der Waals surface area contributed by atoms with Crippen LogP contribution in [0.1, 0.15) is 62.9 Å². The van der Waals surface area contributed by atoms with Gasteiger partial charge in [0.2, 0.25) is 0 Å². The van der Waals surface area contributed by atoms with Crippen molar-refractivity contribution in [1.82, 2.24) is 9.55 Å². The van der Waals surface area contributed by atoms with Gasteiger partial charge in [-0.15, -0.1) is 0 Å².